The van der Waals surface area contributed by atoms with E-state index < -0.39 is 12.2 Å². The Morgan fingerprint density at radius 3 is 2.50 bits per heavy atom. The molecule has 1 fully saturated rings. The summed E-state index contributed by atoms with van der Waals surface area (Å²) in [6.07, 6.45) is -1.40. The Bertz CT molecular complexity index is 375. The molecule has 0 spiro atoms. The van der Waals surface area contributed by atoms with E-state index in [2.05, 4.69) is 15.3 Å². The van der Waals surface area contributed by atoms with E-state index in [1.165, 1.54) is 0 Å². The number of nitrogens with one attached hydrogen (secondary N) is 1. The lowest BCUT2D eigenvalue weighted by molar-refractivity contribution is 0.0572. The van der Waals surface area contributed by atoms with Crippen LogP contribution in [0.2, 0.25) is 0 Å². The van der Waals surface area contributed by atoms with Gasteiger partial charge in [-0.3, -0.25) is 0 Å². The minimum Gasteiger partial charge on any atom is -0.389 e. The van der Waals surface area contributed by atoms with Crippen molar-refractivity contribution in [2.24, 2.45) is 0 Å². The summed E-state index contributed by atoms with van der Waals surface area (Å²) in [6.45, 7) is 2.62. The first-order valence-corrected chi connectivity index (χ1v) is 5.24. The maximum atomic E-state index is 9.47. The molecular formula is C10H16N4O2. The second kappa shape index (κ2) is 4.23. The van der Waals surface area contributed by atoms with Gasteiger partial charge in [-0.1, -0.05) is 0 Å². The number of anilines is 2. The first-order valence-electron chi connectivity index (χ1n) is 5.24. The molecule has 0 radical (unpaired) electrons. The van der Waals surface area contributed by atoms with Gasteiger partial charge in [-0.15, -0.1) is 0 Å². The van der Waals surface area contributed by atoms with Gasteiger partial charge in [-0.05, 0) is 6.92 Å². The van der Waals surface area contributed by atoms with E-state index in [4.69, 9.17) is 0 Å². The van der Waals surface area contributed by atoms with Gasteiger partial charge in [0.1, 0.15) is 17.5 Å². The van der Waals surface area contributed by atoms with Gasteiger partial charge in [0.05, 0.1) is 12.2 Å². The Hall–Kier alpha value is -1.40. The summed E-state index contributed by atoms with van der Waals surface area (Å²) in [5.41, 5.74) is 0. The fraction of sp³-hybridized carbons (Fsp3) is 0.600. The largest absolute Gasteiger partial charge is 0.389 e. The van der Waals surface area contributed by atoms with Gasteiger partial charge >= 0.3 is 0 Å². The minimum atomic E-state index is -0.701. The maximum Gasteiger partial charge on any atom is 0.134 e. The predicted octanol–water partition coefficient (Wildman–Crippen LogP) is -0.631. The van der Waals surface area contributed by atoms with E-state index >= 15 is 0 Å². The van der Waals surface area contributed by atoms with Crippen molar-refractivity contribution >= 4 is 11.6 Å². The molecule has 1 aliphatic rings. The number of aliphatic hydroxyl groups excluding tert-OH is 2. The van der Waals surface area contributed by atoms with Gasteiger partial charge in [-0.2, -0.15) is 0 Å². The van der Waals surface area contributed by atoms with Crippen LogP contribution in [-0.2, 0) is 0 Å². The molecule has 2 unspecified atom stereocenters. The Kier molecular flexibility index (Phi) is 2.93. The molecule has 0 aliphatic carbocycles. The van der Waals surface area contributed by atoms with Crippen molar-refractivity contribution in [1.82, 2.24) is 9.97 Å². The quantitative estimate of drug-likeness (QED) is 0.620. The highest BCUT2D eigenvalue weighted by molar-refractivity contribution is 5.50. The Labute approximate surface area is 94.0 Å². The fourth-order valence-electron chi connectivity index (χ4n) is 1.80. The normalized spacial score (nSPS) is 24.9. The zero-order valence-corrected chi connectivity index (χ0v) is 9.38. The average Bonchev–Trinajstić information content (AvgIpc) is 2.58. The number of hydrogen-bond donors (Lipinski definition) is 3. The van der Waals surface area contributed by atoms with Crippen molar-refractivity contribution in [3.8, 4) is 0 Å². The minimum absolute atomic E-state index is 0.404. The molecule has 0 bridgehead atoms. The number of aryl methyl sites for hydroxylation is 1. The van der Waals surface area contributed by atoms with E-state index in [1.807, 2.05) is 11.8 Å². The first-order chi connectivity index (χ1) is 7.60. The van der Waals surface area contributed by atoms with Crippen molar-refractivity contribution in [3.05, 3.63) is 11.9 Å². The fourth-order valence-corrected chi connectivity index (χ4v) is 1.80. The SMILES string of the molecule is CNc1cc(N2CC(O)C(O)C2)nc(C)n1. The summed E-state index contributed by atoms with van der Waals surface area (Å²) < 4.78 is 0. The van der Waals surface area contributed by atoms with Crippen molar-refractivity contribution in [2.45, 2.75) is 19.1 Å². The second-order valence-electron chi connectivity index (χ2n) is 3.95. The summed E-state index contributed by atoms with van der Waals surface area (Å²) >= 11 is 0. The third-order valence-electron chi connectivity index (χ3n) is 2.66. The molecule has 1 aliphatic heterocycles. The van der Waals surface area contributed by atoms with Crippen molar-refractivity contribution < 1.29 is 10.2 Å². The highest BCUT2D eigenvalue weighted by Crippen LogP contribution is 2.20. The summed E-state index contributed by atoms with van der Waals surface area (Å²) in [5.74, 6) is 2.13. The third-order valence-corrected chi connectivity index (χ3v) is 2.66. The smallest absolute Gasteiger partial charge is 0.134 e. The Balaban J connectivity index is 2.24. The summed E-state index contributed by atoms with van der Waals surface area (Å²) in [4.78, 5) is 10.3. The number of aliphatic hydroxyl groups is 2. The molecule has 6 heteroatoms. The lowest BCUT2D eigenvalue weighted by atomic mass is 10.3. The number of nitrogens with zero attached hydrogens (tertiary/aromatic N) is 3. The molecular weight excluding hydrogens is 208 g/mol. The summed E-state index contributed by atoms with van der Waals surface area (Å²) in [6, 6.07) is 1.80. The molecule has 0 amide bonds. The van der Waals surface area contributed by atoms with E-state index in [-0.39, 0.29) is 0 Å². The van der Waals surface area contributed by atoms with Crippen LogP contribution in [0.4, 0.5) is 11.6 Å². The van der Waals surface area contributed by atoms with Crippen molar-refractivity contribution in [2.75, 3.05) is 30.4 Å². The summed E-state index contributed by atoms with van der Waals surface area (Å²) in [7, 11) is 1.79. The van der Waals surface area contributed by atoms with Crippen LogP contribution in [0.5, 0.6) is 0 Å². The molecule has 1 aromatic rings. The van der Waals surface area contributed by atoms with Crippen LogP contribution < -0.4 is 10.2 Å². The van der Waals surface area contributed by atoms with Gasteiger partial charge in [0.2, 0.25) is 0 Å². The van der Waals surface area contributed by atoms with E-state index in [0.717, 1.165) is 11.6 Å². The van der Waals surface area contributed by atoms with E-state index in [9.17, 15) is 10.2 Å². The average molecular weight is 224 g/mol. The Morgan fingerprint density at radius 1 is 1.31 bits per heavy atom. The van der Waals surface area contributed by atoms with Crippen LogP contribution in [-0.4, -0.2) is 52.5 Å². The topological polar surface area (TPSA) is 81.5 Å². The molecule has 88 valence electrons. The second-order valence-corrected chi connectivity index (χ2v) is 3.95. The molecule has 3 N–H and O–H groups in total. The number of hydrogen-bond acceptors (Lipinski definition) is 6. The standard InChI is InChI=1S/C10H16N4O2/c1-6-12-9(11-2)3-10(13-6)14-4-7(15)8(16)5-14/h3,7-8,15-16H,4-5H2,1-2H3,(H,11,12,13). The molecule has 1 aromatic heterocycles. The maximum absolute atomic E-state index is 9.47. The van der Waals surface area contributed by atoms with Crippen LogP contribution in [0.15, 0.2) is 6.07 Å². The van der Waals surface area contributed by atoms with E-state index in [0.29, 0.717) is 18.9 Å². The first kappa shape index (κ1) is 11.1. The Morgan fingerprint density at radius 2 is 1.94 bits per heavy atom. The lowest BCUT2D eigenvalue weighted by Crippen LogP contribution is -2.22. The third kappa shape index (κ3) is 2.07. The molecule has 6 nitrogen and oxygen atoms in total. The van der Waals surface area contributed by atoms with Gasteiger partial charge in [0, 0.05) is 26.2 Å². The molecule has 2 heterocycles. The van der Waals surface area contributed by atoms with E-state index in [1.54, 1.807) is 13.1 Å². The molecule has 2 rings (SSSR count). The molecule has 0 aromatic carbocycles. The van der Waals surface area contributed by atoms with Gasteiger partial charge < -0.3 is 20.4 Å². The lowest BCUT2D eigenvalue weighted by Gasteiger charge is -2.17. The summed E-state index contributed by atoms with van der Waals surface area (Å²) in [5, 5.41) is 21.9. The zero-order chi connectivity index (χ0) is 11.7. The van der Waals surface area contributed by atoms with Crippen LogP contribution in [0.1, 0.15) is 5.82 Å². The molecule has 0 saturated carbocycles. The molecule has 16 heavy (non-hydrogen) atoms. The van der Waals surface area contributed by atoms with Crippen molar-refractivity contribution in [3.63, 3.8) is 0 Å². The molecule has 1 saturated heterocycles. The monoisotopic (exact) mass is 224 g/mol. The number of aromatic nitrogens is 2. The zero-order valence-electron chi connectivity index (χ0n) is 9.38. The van der Waals surface area contributed by atoms with Crippen LogP contribution in [0.25, 0.3) is 0 Å². The molecule has 2 atom stereocenters. The van der Waals surface area contributed by atoms with Crippen LogP contribution in [0, 0.1) is 6.92 Å². The highest BCUT2D eigenvalue weighted by atomic mass is 16.3. The number of rotatable bonds is 2. The number of β-amino-alcohol motifs (C(OH)–C–C–N with tert-alkyl or cyclic N) is 2. The van der Waals surface area contributed by atoms with Crippen LogP contribution in [0.3, 0.4) is 0 Å². The van der Waals surface area contributed by atoms with Crippen LogP contribution >= 0.6 is 0 Å². The predicted molar refractivity (Wildman–Crippen MR) is 60.5 cm³/mol. The van der Waals surface area contributed by atoms with Crippen molar-refractivity contribution in [1.29, 1.82) is 0 Å². The van der Waals surface area contributed by atoms with Gasteiger partial charge in [0.15, 0.2) is 0 Å². The van der Waals surface area contributed by atoms with Gasteiger partial charge in [-0.25, -0.2) is 9.97 Å². The highest BCUT2D eigenvalue weighted by Gasteiger charge is 2.30. The van der Waals surface area contributed by atoms with Gasteiger partial charge in [0.25, 0.3) is 0 Å².